The second-order valence-corrected chi connectivity index (χ2v) is 9.26. The Morgan fingerprint density at radius 1 is 0.878 bits per heavy atom. The number of benzene rings is 3. The molecule has 0 saturated heterocycles. The van der Waals surface area contributed by atoms with Gasteiger partial charge in [0.25, 0.3) is 5.91 Å². The van der Waals surface area contributed by atoms with Crippen LogP contribution in [0, 0.1) is 17.6 Å². The van der Waals surface area contributed by atoms with Gasteiger partial charge in [-0.15, -0.1) is 0 Å². The molecule has 3 unspecified atom stereocenters. The van der Waals surface area contributed by atoms with E-state index in [0.29, 0.717) is 12.1 Å². The molecule has 0 aliphatic carbocycles. The van der Waals surface area contributed by atoms with Gasteiger partial charge >= 0.3 is 12.4 Å². The van der Waals surface area contributed by atoms with Crippen molar-refractivity contribution in [2.24, 2.45) is 16.6 Å². The minimum Gasteiger partial charge on any atom is -0.365 e. The van der Waals surface area contributed by atoms with Crippen LogP contribution in [0.25, 0.3) is 0 Å². The number of anilines is 2. The fourth-order valence-electron chi connectivity index (χ4n) is 3.50. The van der Waals surface area contributed by atoms with Crippen molar-refractivity contribution in [2.45, 2.75) is 31.5 Å². The van der Waals surface area contributed by atoms with Crippen molar-refractivity contribution < 1.29 is 39.9 Å². The molecule has 0 aliphatic heterocycles. The summed E-state index contributed by atoms with van der Waals surface area (Å²) in [6.07, 6.45) is -10.9. The third-order valence-electron chi connectivity index (χ3n) is 5.73. The van der Waals surface area contributed by atoms with Crippen LogP contribution in [0.2, 0.25) is 5.02 Å². The Kier molecular flexibility index (Phi) is 9.81. The Bertz CT molecular complexity index is 1360. The number of hydrogen-bond donors (Lipinski definition) is 4. The third-order valence-corrected chi connectivity index (χ3v) is 5.94. The topological polar surface area (TPSA) is 91.5 Å². The van der Waals surface area contributed by atoms with E-state index in [4.69, 9.17) is 17.3 Å². The summed E-state index contributed by atoms with van der Waals surface area (Å²) in [6, 6.07) is 8.32. The number of rotatable bonds is 7. The molecule has 15 heteroatoms. The molecule has 0 saturated carbocycles. The molecule has 0 heterocycles. The minimum absolute atomic E-state index is 0.0743. The number of aliphatic imine (C=N–C) groups is 1. The molecular formula is C26H22ClF8N5O. The Labute approximate surface area is 233 Å². The predicted octanol–water partition coefficient (Wildman–Crippen LogP) is 6.80. The molecule has 0 radical (unpaired) electrons. The van der Waals surface area contributed by atoms with Crippen LogP contribution >= 0.6 is 11.6 Å². The highest BCUT2D eigenvalue weighted by Gasteiger charge is 2.43. The maximum atomic E-state index is 14.0. The summed E-state index contributed by atoms with van der Waals surface area (Å²) in [6.45, 7) is 1.14. The van der Waals surface area contributed by atoms with Crippen molar-refractivity contribution in [3.63, 3.8) is 0 Å². The monoisotopic (exact) mass is 607 g/mol. The Morgan fingerprint density at radius 2 is 1.49 bits per heavy atom. The van der Waals surface area contributed by atoms with Gasteiger partial charge in [-0.25, -0.2) is 8.78 Å². The molecule has 41 heavy (non-hydrogen) atoms. The molecule has 0 aliphatic rings. The first kappa shape index (κ1) is 31.6. The maximum Gasteiger partial charge on any atom is 0.416 e. The Hall–Kier alpha value is -3.91. The number of hydrogen-bond acceptors (Lipinski definition) is 3. The first-order valence-corrected chi connectivity index (χ1v) is 12.0. The molecule has 3 aromatic carbocycles. The molecule has 1 amide bonds. The van der Waals surface area contributed by atoms with E-state index in [-0.39, 0.29) is 22.0 Å². The van der Waals surface area contributed by atoms with Gasteiger partial charge in [-0.2, -0.15) is 31.3 Å². The van der Waals surface area contributed by atoms with E-state index in [1.54, 1.807) is 0 Å². The van der Waals surface area contributed by atoms with Gasteiger partial charge in [-0.3, -0.25) is 4.79 Å². The highest BCUT2D eigenvalue weighted by atomic mass is 35.5. The van der Waals surface area contributed by atoms with Gasteiger partial charge in [0, 0.05) is 27.9 Å². The summed E-state index contributed by atoms with van der Waals surface area (Å²) < 4.78 is 107. The van der Waals surface area contributed by atoms with Crippen molar-refractivity contribution in [2.75, 3.05) is 10.6 Å². The summed E-state index contributed by atoms with van der Waals surface area (Å²) in [5, 5.41) is 7.77. The van der Waals surface area contributed by atoms with Crippen LogP contribution in [0.5, 0.6) is 0 Å². The van der Waals surface area contributed by atoms with Crippen LogP contribution in [0.15, 0.2) is 71.7 Å². The van der Waals surface area contributed by atoms with Crippen LogP contribution in [0.4, 0.5) is 46.5 Å². The molecule has 0 bridgehead atoms. The standard InChI is InChI=1S/C26H22ClF8N5O/c1-13(21(36)26(33,34)35)22(37-19-8-6-17(28)7-9-19)39-24(38-20-11-16(27)10-18(29)12-20)40-23(41)14-2-4-15(5-3-14)25(30,31)32/h2-13,21-22,37H,36H2,1H3,(H2,38,39,40,41). The van der Waals surface area contributed by atoms with Gasteiger partial charge in [0.15, 0.2) is 0 Å². The zero-order valence-electron chi connectivity index (χ0n) is 20.9. The predicted molar refractivity (Wildman–Crippen MR) is 138 cm³/mol. The molecule has 0 spiro atoms. The largest absolute Gasteiger partial charge is 0.416 e. The third kappa shape index (κ3) is 9.05. The van der Waals surface area contributed by atoms with Crippen LogP contribution < -0.4 is 21.7 Å². The number of nitrogens with two attached hydrogens (primary N) is 1. The zero-order valence-corrected chi connectivity index (χ0v) is 21.7. The number of carbonyl (C=O) groups excluding carboxylic acids is 1. The number of amides is 1. The second kappa shape index (κ2) is 12.7. The minimum atomic E-state index is -4.85. The van der Waals surface area contributed by atoms with Crippen molar-refractivity contribution >= 4 is 34.8 Å². The Balaban J connectivity index is 2.02. The van der Waals surface area contributed by atoms with E-state index < -0.39 is 59.5 Å². The highest BCUT2D eigenvalue weighted by molar-refractivity contribution is 6.31. The maximum absolute atomic E-state index is 14.0. The average Bonchev–Trinajstić information content (AvgIpc) is 2.87. The molecule has 3 atom stereocenters. The summed E-state index contributed by atoms with van der Waals surface area (Å²) in [5.41, 5.74) is 4.20. The first-order chi connectivity index (χ1) is 19.0. The van der Waals surface area contributed by atoms with E-state index in [0.717, 1.165) is 43.3 Å². The summed E-state index contributed by atoms with van der Waals surface area (Å²) in [7, 11) is 0. The molecule has 3 rings (SSSR count). The lowest BCUT2D eigenvalue weighted by Gasteiger charge is -2.33. The fourth-order valence-corrected chi connectivity index (χ4v) is 3.73. The first-order valence-electron chi connectivity index (χ1n) is 11.7. The van der Waals surface area contributed by atoms with Crippen molar-refractivity contribution in [3.8, 4) is 0 Å². The fraction of sp³-hybridized carbons (Fsp3) is 0.231. The van der Waals surface area contributed by atoms with Gasteiger partial charge in [0.05, 0.1) is 5.56 Å². The summed E-state index contributed by atoms with van der Waals surface area (Å²) in [5.74, 6) is -4.51. The SMILES string of the molecule is CC(C(N/C(=N\C(=O)c1ccc(C(F)(F)F)cc1)Nc1cc(F)cc(Cl)c1)Nc1ccc(F)cc1)C(N)C(F)(F)F. The average molecular weight is 608 g/mol. The number of carbonyl (C=O) groups is 1. The molecule has 0 fully saturated rings. The van der Waals surface area contributed by atoms with Gasteiger partial charge < -0.3 is 21.7 Å². The van der Waals surface area contributed by atoms with E-state index in [9.17, 15) is 39.9 Å². The molecule has 5 N–H and O–H groups in total. The molecule has 3 aromatic rings. The molecule has 6 nitrogen and oxygen atoms in total. The summed E-state index contributed by atoms with van der Waals surface area (Å²) in [4.78, 5) is 16.6. The van der Waals surface area contributed by atoms with Gasteiger partial charge in [0.1, 0.15) is 23.8 Å². The second-order valence-electron chi connectivity index (χ2n) is 8.82. The van der Waals surface area contributed by atoms with Gasteiger partial charge in [-0.05, 0) is 66.7 Å². The number of alkyl halides is 6. The van der Waals surface area contributed by atoms with Crippen LogP contribution in [0.1, 0.15) is 22.8 Å². The van der Waals surface area contributed by atoms with Crippen LogP contribution in [-0.4, -0.2) is 30.3 Å². The number of nitrogens with one attached hydrogen (secondary N) is 3. The molecule has 220 valence electrons. The number of halogens is 9. The lowest BCUT2D eigenvalue weighted by atomic mass is 9.98. The van der Waals surface area contributed by atoms with Gasteiger partial charge in [-0.1, -0.05) is 18.5 Å². The van der Waals surface area contributed by atoms with E-state index >= 15 is 0 Å². The van der Waals surface area contributed by atoms with Crippen molar-refractivity contribution in [1.82, 2.24) is 5.32 Å². The van der Waals surface area contributed by atoms with E-state index in [1.807, 2.05) is 0 Å². The van der Waals surface area contributed by atoms with Crippen LogP contribution in [0.3, 0.4) is 0 Å². The van der Waals surface area contributed by atoms with Crippen molar-refractivity contribution in [1.29, 1.82) is 0 Å². The zero-order chi connectivity index (χ0) is 30.5. The number of nitrogens with zero attached hydrogens (tertiary/aromatic N) is 1. The lowest BCUT2D eigenvalue weighted by molar-refractivity contribution is -0.159. The number of guanidine groups is 1. The van der Waals surface area contributed by atoms with Crippen molar-refractivity contribution in [3.05, 3.63) is 94.5 Å². The quantitative estimate of drug-likeness (QED) is 0.103. The smallest absolute Gasteiger partial charge is 0.365 e. The molecular weight excluding hydrogens is 586 g/mol. The highest BCUT2D eigenvalue weighted by Crippen LogP contribution is 2.29. The normalized spacial score (nSPS) is 14.7. The summed E-state index contributed by atoms with van der Waals surface area (Å²) >= 11 is 5.87. The van der Waals surface area contributed by atoms with E-state index in [1.165, 1.54) is 18.2 Å². The van der Waals surface area contributed by atoms with E-state index in [2.05, 4.69) is 20.9 Å². The van der Waals surface area contributed by atoms with Crippen LogP contribution in [-0.2, 0) is 6.18 Å². The lowest BCUT2D eigenvalue weighted by Crippen LogP contribution is -2.56. The molecule has 0 aromatic heterocycles. The van der Waals surface area contributed by atoms with Gasteiger partial charge in [0.2, 0.25) is 5.96 Å². The Morgan fingerprint density at radius 3 is 2.02 bits per heavy atom.